The highest BCUT2D eigenvalue weighted by molar-refractivity contribution is 6.07. The summed E-state index contributed by atoms with van der Waals surface area (Å²) in [5, 5.41) is 3.77. The number of rotatable bonds is 5. The van der Waals surface area contributed by atoms with Crippen LogP contribution in [0.15, 0.2) is 72.9 Å². The second kappa shape index (κ2) is 8.23. The van der Waals surface area contributed by atoms with E-state index in [-0.39, 0.29) is 5.56 Å². The zero-order valence-electron chi connectivity index (χ0n) is 16.6. The zero-order valence-corrected chi connectivity index (χ0v) is 16.6. The van der Waals surface area contributed by atoms with Crippen LogP contribution in [0.25, 0.3) is 22.0 Å². The fourth-order valence-corrected chi connectivity index (χ4v) is 3.31. The van der Waals surface area contributed by atoms with Crippen LogP contribution in [-0.2, 0) is 4.74 Å². The van der Waals surface area contributed by atoms with E-state index in [1.165, 1.54) is 31.5 Å². The molecule has 0 atom stereocenters. The van der Waals surface area contributed by atoms with E-state index in [1.54, 1.807) is 18.2 Å². The molecular formula is C24H18FN3O3. The molecule has 0 spiro atoms. The van der Waals surface area contributed by atoms with Gasteiger partial charge in [-0.25, -0.2) is 9.18 Å². The number of ether oxygens (including phenoxy) is 1. The van der Waals surface area contributed by atoms with Crippen LogP contribution in [0.1, 0.15) is 20.7 Å². The Balaban J connectivity index is 1.92. The molecule has 0 fully saturated rings. The Morgan fingerprint density at radius 3 is 2.39 bits per heavy atom. The molecule has 3 N–H and O–H groups in total. The minimum Gasteiger partial charge on any atom is -0.465 e. The summed E-state index contributed by atoms with van der Waals surface area (Å²) < 4.78 is 19.8. The van der Waals surface area contributed by atoms with E-state index in [4.69, 9.17) is 10.5 Å². The lowest BCUT2D eigenvalue weighted by Crippen LogP contribution is -2.10. The smallest absolute Gasteiger partial charge is 0.341 e. The summed E-state index contributed by atoms with van der Waals surface area (Å²) in [7, 11) is 1.29. The van der Waals surface area contributed by atoms with Gasteiger partial charge in [0, 0.05) is 34.5 Å². The summed E-state index contributed by atoms with van der Waals surface area (Å²) >= 11 is 0. The number of nitrogens with one attached hydrogen (secondary N) is 1. The van der Waals surface area contributed by atoms with Crippen LogP contribution in [-0.4, -0.2) is 24.0 Å². The van der Waals surface area contributed by atoms with Crippen molar-refractivity contribution in [2.24, 2.45) is 5.73 Å². The summed E-state index contributed by atoms with van der Waals surface area (Å²) in [5.74, 6) is -1.61. The number of carbonyl (C=O) groups excluding carboxylic acids is 2. The normalized spacial score (nSPS) is 10.6. The highest BCUT2D eigenvalue weighted by Gasteiger charge is 2.19. The average Bonchev–Trinajstić information content (AvgIpc) is 2.79. The number of para-hydroxylation sites is 1. The second-order valence-electron chi connectivity index (χ2n) is 6.82. The number of carbonyl (C=O) groups is 2. The number of hydrogen-bond acceptors (Lipinski definition) is 5. The van der Waals surface area contributed by atoms with Gasteiger partial charge < -0.3 is 15.8 Å². The fraction of sp³-hybridized carbons (Fsp3) is 0.0417. The van der Waals surface area contributed by atoms with Gasteiger partial charge in [0.1, 0.15) is 11.4 Å². The molecule has 3 aromatic carbocycles. The van der Waals surface area contributed by atoms with Crippen molar-refractivity contribution in [1.82, 2.24) is 4.98 Å². The summed E-state index contributed by atoms with van der Waals surface area (Å²) in [6, 6.07) is 18.5. The predicted octanol–water partition coefficient (Wildman–Crippen LogP) is 4.67. The van der Waals surface area contributed by atoms with Crippen molar-refractivity contribution < 1.29 is 18.7 Å². The fourth-order valence-electron chi connectivity index (χ4n) is 3.31. The van der Waals surface area contributed by atoms with Crippen LogP contribution in [0.3, 0.4) is 0 Å². The largest absolute Gasteiger partial charge is 0.465 e. The lowest BCUT2D eigenvalue weighted by molar-refractivity contribution is 0.0601. The van der Waals surface area contributed by atoms with Crippen LogP contribution in [0.4, 0.5) is 15.8 Å². The van der Waals surface area contributed by atoms with Gasteiger partial charge in [0.05, 0.1) is 18.3 Å². The molecule has 0 unspecified atom stereocenters. The molecule has 1 aromatic heterocycles. The topological polar surface area (TPSA) is 94.3 Å². The van der Waals surface area contributed by atoms with Crippen molar-refractivity contribution in [3.8, 4) is 11.1 Å². The summed E-state index contributed by atoms with van der Waals surface area (Å²) in [6.07, 6.45) is 1.36. The number of hydrogen-bond donors (Lipinski definition) is 2. The number of esters is 1. The van der Waals surface area contributed by atoms with Crippen molar-refractivity contribution in [2.75, 3.05) is 12.4 Å². The molecule has 0 aliphatic carbocycles. The number of fused-ring (bicyclic) bond motifs is 1. The van der Waals surface area contributed by atoms with Crippen molar-refractivity contribution in [1.29, 1.82) is 0 Å². The number of methoxy groups -OCH3 is 1. The Morgan fingerprint density at radius 2 is 1.74 bits per heavy atom. The van der Waals surface area contributed by atoms with Gasteiger partial charge in [-0.05, 0) is 35.9 Å². The number of benzene rings is 3. The number of anilines is 2. The first-order valence-corrected chi connectivity index (χ1v) is 9.41. The summed E-state index contributed by atoms with van der Waals surface area (Å²) in [5.41, 5.74) is 8.26. The third-order valence-electron chi connectivity index (χ3n) is 4.89. The summed E-state index contributed by atoms with van der Waals surface area (Å²) in [4.78, 5) is 27.9. The van der Waals surface area contributed by atoms with E-state index in [9.17, 15) is 14.0 Å². The molecule has 0 bridgehead atoms. The first kappa shape index (κ1) is 20.0. The maximum atomic E-state index is 14.9. The van der Waals surface area contributed by atoms with E-state index >= 15 is 0 Å². The average molecular weight is 415 g/mol. The number of amides is 1. The molecule has 6 nitrogen and oxygen atoms in total. The van der Waals surface area contributed by atoms with Crippen LogP contribution >= 0.6 is 0 Å². The molecule has 154 valence electrons. The molecule has 1 heterocycles. The molecule has 7 heteroatoms. The van der Waals surface area contributed by atoms with Crippen molar-refractivity contribution in [2.45, 2.75) is 0 Å². The monoisotopic (exact) mass is 415 g/mol. The van der Waals surface area contributed by atoms with Crippen molar-refractivity contribution in [3.63, 3.8) is 0 Å². The third-order valence-corrected chi connectivity index (χ3v) is 4.89. The lowest BCUT2D eigenvalue weighted by Gasteiger charge is -2.15. The van der Waals surface area contributed by atoms with E-state index in [0.29, 0.717) is 33.3 Å². The Hall–Kier alpha value is -4.26. The van der Waals surface area contributed by atoms with Gasteiger partial charge in [0.25, 0.3) is 0 Å². The van der Waals surface area contributed by atoms with Crippen molar-refractivity contribution >= 4 is 34.2 Å². The number of pyridine rings is 1. The van der Waals surface area contributed by atoms with Gasteiger partial charge in [-0.15, -0.1) is 0 Å². The lowest BCUT2D eigenvalue weighted by atomic mass is 9.99. The molecule has 1 amide bonds. The Morgan fingerprint density at radius 1 is 1.03 bits per heavy atom. The van der Waals surface area contributed by atoms with Crippen LogP contribution in [0.2, 0.25) is 0 Å². The molecule has 0 aliphatic rings. The SMILES string of the molecule is COC(=O)c1cnc2cc(F)c(-c3ccc(C(N)=O)cc3)cc2c1Nc1ccccc1. The number of aromatic nitrogens is 1. The Bertz CT molecular complexity index is 1290. The van der Waals surface area contributed by atoms with Gasteiger partial charge in [-0.1, -0.05) is 30.3 Å². The Labute approximate surface area is 177 Å². The van der Waals surface area contributed by atoms with Crippen molar-refractivity contribution in [3.05, 3.63) is 89.9 Å². The molecule has 0 aliphatic heterocycles. The quantitative estimate of drug-likeness (QED) is 0.462. The third kappa shape index (κ3) is 3.93. The molecule has 4 rings (SSSR count). The minimum atomic E-state index is -0.565. The molecule has 4 aromatic rings. The zero-order chi connectivity index (χ0) is 22.0. The standard InChI is InChI=1S/C24H18FN3O3/c1-31-24(30)19-13-27-21-12-20(25)17(14-7-9-15(10-8-14)23(26)29)11-18(21)22(19)28-16-5-3-2-4-6-16/h2-13H,1H3,(H2,26,29)(H,27,28). The summed E-state index contributed by atoms with van der Waals surface area (Å²) in [6.45, 7) is 0. The highest BCUT2D eigenvalue weighted by Crippen LogP contribution is 2.34. The van der Waals surface area contributed by atoms with E-state index in [1.807, 2.05) is 30.3 Å². The van der Waals surface area contributed by atoms with Crippen LogP contribution < -0.4 is 11.1 Å². The van der Waals surface area contributed by atoms with Gasteiger partial charge >= 0.3 is 5.97 Å². The predicted molar refractivity (Wildman–Crippen MR) is 117 cm³/mol. The Kier molecular flexibility index (Phi) is 5.32. The second-order valence-corrected chi connectivity index (χ2v) is 6.82. The molecule has 0 radical (unpaired) electrons. The number of halogens is 1. The van der Waals surface area contributed by atoms with Gasteiger partial charge in [-0.2, -0.15) is 0 Å². The number of primary amides is 1. The van der Waals surface area contributed by atoms with E-state index in [0.717, 1.165) is 5.69 Å². The minimum absolute atomic E-state index is 0.223. The van der Waals surface area contributed by atoms with Gasteiger partial charge in [-0.3, -0.25) is 9.78 Å². The van der Waals surface area contributed by atoms with Crippen LogP contribution in [0.5, 0.6) is 0 Å². The maximum absolute atomic E-state index is 14.9. The number of nitrogens with zero attached hydrogens (tertiary/aromatic N) is 1. The van der Waals surface area contributed by atoms with E-state index < -0.39 is 17.7 Å². The number of nitrogens with two attached hydrogens (primary N) is 1. The van der Waals surface area contributed by atoms with Gasteiger partial charge in [0.15, 0.2) is 0 Å². The highest BCUT2D eigenvalue weighted by atomic mass is 19.1. The molecular weight excluding hydrogens is 397 g/mol. The molecule has 0 saturated carbocycles. The molecule has 31 heavy (non-hydrogen) atoms. The van der Waals surface area contributed by atoms with Crippen LogP contribution in [0, 0.1) is 5.82 Å². The first-order valence-electron chi connectivity index (χ1n) is 9.41. The van der Waals surface area contributed by atoms with E-state index in [2.05, 4.69) is 10.3 Å². The van der Waals surface area contributed by atoms with Gasteiger partial charge in [0.2, 0.25) is 5.91 Å². The maximum Gasteiger partial charge on any atom is 0.341 e. The first-order chi connectivity index (χ1) is 15.0. The molecule has 0 saturated heterocycles.